The van der Waals surface area contributed by atoms with Crippen molar-refractivity contribution < 1.29 is 13.6 Å². The number of nitrogens with two attached hydrogens (primary N) is 1. The molecule has 0 radical (unpaired) electrons. The zero-order valence-corrected chi connectivity index (χ0v) is 23.2. The summed E-state index contributed by atoms with van der Waals surface area (Å²) in [6, 6.07) is 6.61. The van der Waals surface area contributed by atoms with Gasteiger partial charge in [0, 0.05) is 43.1 Å². The Morgan fingerprint density at radius 1 is 1.17 bits per heavy atom. The first-order valence-corrected chi connectivity index (χ1v) is 13.5. The minimum absolute atomic E-state index is 0.114. The number of benzene rings is 1. The van der Waals surface area contributed by atoms with Crippen LogP contribution in [0.25, 0.3) is 28.0 Å². The van der Waals surface area contributed by atoms with Gasteiger partial charge in [0.05, 0.1) is 16.8 Å². The second-order valence-electron chi connectivity index (χ2n) is 10.2. The number of fused-ring (bicyclic) bond motifs is 1. The van der Waals surface area contributed by atoms with E-state index in [0.29, 0.717) is 37.4 Å². The normalized spacial score (nSPS) is 15.4. The van der Waals surface area contributed by atoms with Crippen molar-refractivity contribution in [2.45, 2.75) is 39.7 Å². The number of aromatic nitrogens is 4. The highest BCUT2D eigenvalue weighted by atomic mass is 19.1. The van der Waals surface area contributed by atoms with Crippen molar-refractivity contribution in [2.24, 2.45) is 0 Å². The van der Waals surface area contributed by atoms with E-state index in [0.717, 1.165) is 18.1 Å². The van der Waals surface area contributed by atoms with Gasteiger partial charge < -0.3 is 15.5 Å². The average molecular weight is 560 g/mol. The molecule has 1 aliphatic rings. The Kier molecular flexibility index (Phi) is 7.53. The van der Waals surface area contributed by atoms with E-state index in [1.54, 1.807) is 17.2 Å². The molecule has 0 bridgehead atoms. The zero-order chi connectivity index (χ0) is 29.4. The van der Waals surface area contributed by atoms with Crippen LogP contribution in [-0.4, -0.2) is 56.0 Å². The van der Waals surface area contributed by atoms with Crippen LogP contribution in [0.15, 0.2) is 54.0 Å². The highest BCUT2D eigenvalue weighted by molar-refractivity contribution is 5.91. The summed E-state index contributed by atoms with van der Waals surface area (Å²) >= 11 is 0. The molecule has 0 unspecified atom stereocenters. The molecule has 4 heterocycles. The number of amides is 1. The fraction of sp³-hybridized carbons (Fsp3) is 0.300. The summed E-state index contributed by atoms with van der Waals surface area (Å²) in [4.78, 5) is 43.2. The Morgan fingerprint density at radius 3 is 2.66 bits per heavy atom. The second kappa shape index (κ2) is 11.1. The number of carbonyl (C=O) groups is 1. The maximum Gasteiger partial charge on any atom is 0.355 e. The van der Waals surface area contributed by atoms with E-state index < -0.39 is 17.3 Å². The van der Waals surface area contributed by atoms with E-state index in [2.05, 4.69) is 21.5 Å². The summed E-state index contributed by atoms with van der Waals surface area (Å²) in [5.41, 5.74) is 7.15. The molecule has 1 amide bonds. The van der Waals surface area contributed by atoms with E-state index in [-0.39, 0.29) is 45.7 Å². The number of hydrogen-bond donors (Lipinski definition) is 1. The summed E-state index contributed by atoms with van der Waals surface area (Å²) in [7, 11) is 0. The molecule has 1 aromatic carbocycles. The summed E-state index contributed by atoms with van der Waals surface area (Å²) < 4.78 is 32.1. The molecule has 3 aromatic heterocycles. The lowest BCUT2D eigenvalue weighted by Gasteiger charge is -2.40. The molecule has 212 valence electrons. The number of anilines is 2. The Morgan fingerprint density at radius 2 is 1.95 bits per heavy atom. The predicted molar refractivity (Wildman–Crippen MR) is 155 cm³/mol. The van der Waals surface area contributed by atoms with Crippen molar-refractivity contribution in [3.8, 4) is 16.9 Å². The molecule has 41 heavy (non-hydrogen) atoms. The van der Waals surface area contributed by atoms with E-state index in [9.17, 15) is 14.0 Å². The number of hydrogen-bond acceptors (Lipinski definition) is 7. The molecular weight excluding hydrogens is 528 g/mol. The summed E-state index contributed by atoms with van der Waals surface area (Å²) in [6.07, 6.45) is 4.29. The van der Waals surface area contributed by atoms with Crippen LogP contribution in [0.5, 0.6) is 0 Å². The highest BCUT2D eigenvalue weighted by Gasteiger charge is 2.30. The van der Waals surface area contributed by atoms with Crippen LogP contribution in [0, 0.1) is 18.6 Å². The number of nitrogen functional groups attached to an aromatic ring is 1. The molecule has 1 aliphatic heterocycles. The van der Waals surface area contributed by atoms with E-state index in [1.165, 1.54) is 28.8 Å². The molecule has 4 aromatic rings. The van der Waals surface area contributed by atoms with Crippen molar-refractivity contribution in [3.05, 3.63) is 82.6 Å². The van der Waals surface area contributed by atoms with Gasteiger partial charge in [-0.2, -0.15) is 4.98 Å². The first-order chi connectivity index (χ1) is 19.6. The number of pyridine rings is 2. The van der Waals surface area contributed by atoms with Crippen molar-refractivity contribution >= 4 is 28.4 Å². The van der Waals surface area contributed by atoms with Gasteiger partial charge in [0.25, 0.3) is 0 Å². The van der Waals surface area contributed by atoms with Gasteiger partial charge in [-0.3, -0.25) is 9.78 Å². The fourth-order valence-electron chi connectivity index (χ4n) is 5.37. The first-order valence-electron chi connectivity index (χ1n) is 13.5. The van der Waals surface area contributed by atoms with Crippen molar-refractivity contribution in [3.63, 3.8) is 0 Å². The molecule has 0 saturated carbocycles. The molecule has 1 atom stereocenters. The van der Waals surface area contributed by atoms with Crippen LogP contribution in [0.3, 0.4) is 0 Å². The van der Waals surface area contributed by atoms with Gasteiger partial charge >= 0.3 is 5.69 Å². The maximum atomic E-state index is 15.8. The number of nitrogens with zero attached hydrogens (tertiary/aromatic N) is 6. The minimum Gasteiger partial charge on any atom is -0.399 e. The zero-order valence-electron chi connectivity index (χ0n) is 23.2. The number of rotatable bonds is 6. The van der Waals surface area contributed by atoms with Crippen LogP contribution in [0.2, 0.25) is 0 Å². The van der Waals surface area contributed by atoms with E-state index >= 15 is 4.39 Å². The molecule has 0 spiro atoms. The van der Waals surface area contributed by atoms with Gasteiger partial charge in [0.1, 0.15) is 23.1 Å². The van der Waals surface area contributed by atoms with Gasteiger partial charge in [-0.15, -0.1) is 0 Å². The van der Waals surface area contributed by atoms with Gasteiger partial charge in [-0.25, -0.2) is 23.1 Å². The fourth-order valence-corrected chi connectivity index (χ4v) is 5.37. The van der Waals surface area contributed by atoms with Gasteiger partial charge in [0.2, 0.25) is 5.91 Å². The van der Waals surface area contributed by atoms with Gasteiger partial charge in [-0.05, 0) is 62.2 Å². The molecule has 1 fully saturated rings. The lowest BCUT2D eigenvalue weighted by atomic mass is 10.1. The smallest absolute Gasteiger partial charge is 0.355 e. The molecule has 0 aliphatic carbocycles. The van der Waals surface area contributed by atoms with Crippen LogP contribution in [0.1, 0.15) is 31.5 Å². The van der Waals surface area contributed by atoms with E-state index in [4.69, 9.17) is 5.73 Å². The highest BCUT2D eigenvalue weighted by Crippen LogP contribution is 2.33. The topological polar surface area (TPSA) is 110 Å². The Hall–Kier alpha value is -4.67. The van der Waals surface area contributed by atoms with Crippen LogP contribution >= 0.6 is 0 Å². The number of aryl methyl sites for hydroxylation is 2. The largest absolute Gasteiger partial charge is 0.399 e. The first kappa shape index (κ1) is 27.9. The van der Waals surface area contributed by atoms with Crippen LogP contribution in [-0.2, 0) is 11.2 Å². The number of halogens is 2. The Balaban J connectivity index is 1.81. The van der Waals surface area contributed by atoms with Crippen molar-refractivity contribution in [2.75, 3.05) is 30.3 Å². The SMILES string of the molecule is C=CC(=O)N1CCN(c2nc(=O)n(-c3c(C)ccnc3CCC)c3nc(-c4cc(N)ccc4F)c(F)cc23)[C@@H](C)C1. The molecule has 9 nitrogen and oxygen atoms in total. The standard InChI is InChI=1S/C30H31F2N7O2/c1-5-7-24-27(17(3)10-11-34-24)39-29-21(15-23(32)26(35-29)20-14-19(33)8-9-22(20)31)28(36-30(39)41)38-13-12-37(16-18(38)4)25(40)6-2/h6,8-11,14-15,18H,2,5,7,12-13,16,33H2,1,3-4H3/t18-/m0/s1. The minimum atomic E-state index is -0.792. The third-order valence-electron chi connectivity index (χ3n) is 7.34. The van der Waals surface area contributed by atoms with Crippen LogP contribution < -0.4 is 16.3 Å². The average Bonchev–Trinajstić information content (AvgIpc) is 2.94. The van der Waals surface area contributed by atoms with Crippen molar-refractivity contribution in [1.82, 2.24) is 24.4 Å². The maximum absolute atomic E-state index is 15.8. The molecule has 2 N–H and O–H groups in total. The summed E-state index contributed by atoms with van der Waals surface area (Å²) in [5.74, 6) is -1.44. The molecular formula is C30H31F2N7O2. The molecule has 1 saturated heterocycles. The predicted octanol–water partition coefficient (Wildman–Crippen LogP) is 4.19. The van der Waals surface area contributed by atoms with Gasteiger partial charge in [-0.1, -0.05) is 19.9 Å². The lowest BCUT2D eigenvalue weighted by molar-refractivity contribution is -0.126. The second-order valence-corrected chi connectivity index (χ2v) is 10.2. The third-order valence-corrected chi connectivity index (χ3v) is 7.34. The molecule has 11 heteroatoms. The number of carbonyl (C=O) groups excluding carboxylic acids is 1. The quantitative estimate of drug-likeness (QED) is 0.279. The summed E-state index contributed by atoms with van der Waals surface area (Å²) in [5, 5.41) is 0.274. The molecule has 5 rings (SSSR count). The lowest BCUT2D eigenvalue weighted by Crippen LogP contribution is -2.54. The summed E-state index contributed by atoms with van der Waals surface area (Å²) in [6.45, 7) is 10.4. The third kappa shape index (κ3) is 5.03. The Bertz CT molecular complexity index is 1740. The van der Waals surface area contributed by atoms with Gasteiger partial charge in [0.15, 0.2) is 5.65 Å². The van der Waals surface area contributed by atoms with E-state index in [1.807, 2.05) is 25.7 Å². The van der Waals surface area contributed by atoms with Crippen LogP contribution in [0.4, 0.5) is 20.3 Å². The van der Waals surface area contributed by atoms with Crippen molar-refractivity contribution in [1.29, 1.82) is 0 Å². The monoisotopic (exact) mass is 559 g/mol. The Labute approximate surface area is 236 Å². The number of piperazine rings is 1.